The SMILES string of the molecule is C=C(C(C)C)[C@@H]1[C@H](CC)CCN1C(C)C. The molecule has 1 aliphatic rings. The van der Waals surface area contributed by atoms with Crippen LogP contribution in [0.15, 0.2) is 12.2 Å². The average Bonchev–Trinajstić information content (AvgIpc) is 2.59. The first kappa shape index (κ1) is 12.8. The number of hydrogen-bond donors (Lipinski definition) is 0. The number of rotatable bonds is 4. The highest BCUT2D eigenvalue weighted by atomic mass is 15.2. The van der Waals surface area contributed by atoms with Crippen LogP contribution in [-0.4, -0.2) is 23.5 Å². The Labute approximate surface area is 95.5 Å². The molecule has 0 aromatic carbocycles. The van der Waals surface area contributed by atoms with Crippen molar-refractivity contribution < 1.29 is 0 Å². The topological polar surface area (TPSA) is 3.24 Å². The molecule has 1 saturated heterocycles. The zero-order valence-corrected chi connectivity index (χ0v) is 11.1. The summed E-state index contributed by atoms with van der Waals surface area (Å²) in [5.74, 6) is 1.45. The fraction of sp³-hybridized carbons (Fsp3) is 0.857. The van der Waals surface area contributed by atoms with Gasteiger partial charge in [0.05, 0.1) is 0 Å². The summed E-state index contributed by atoms with van der Waals surface area (Å²) in [5, 5.41) is 0. The van der Waals surface area contributed by atoms with Gasteiger partial charge in [-0.3, -0.25) is 4.90 Å². The van der Waals surface area contributed by atoms with E-state index >= 15 is 0 Å². The van der Waals surface area contributed by atoms with Crippen molar-refractivity contribution >= 4 is 0 Å². The maximum atomic E-state index is 4.33. The van der Waals surface area contributed by atoms with E-state index in [1.54, 1.807) is 0 Å². The van der Waals surface area contributed by atoms with E-state index in [2.05, 4.69) is 46.1 Å². The average molecular weight is 209 g/mol. The van der Waals surface area contributed by atoms with Crippen LogP contribution in [0.1, 0.15) is 47.5 Å². The summed E-state index contributed by atoms with van der Waals surface area (Å²) in [7, 11) is 0. The lowest BCUT2D eigenvalue weighted by atomic mass is 9.86. The van der Waals surface area contributed by atoms with Gasteiger partial charge in [-0.2, -0.15) is 0 Å². The van der Waals surface area contributed by atoms with Crippen molar-refractivity contribution in [1.29, 1.82) is 0 Å². The quantitative estimate of drug-likeness (QED) is 0.638. The lowest BCUT2D eigenvalue weighted by Crippen LogP contribution is -2.40. The molecule has 1 fully saturated rings. The molecular weight excluding hydrogens is 182 g/mol. The van der Waals surface area contributed by atoms with Crippen LogP contribution in [0.5, 0.6) is 0 Å². The minimum Gasteiger partial charge on any atom is -0.294 e. The van der Waals surface area contributed by atoms with E-state index in [0.717, 1.165) is 5.92 Å². The van der Waals surface area contributed by atoms with Gasteiger partial charge in [0.1, 0.15) is 0 Å². The van der Waals surface area contributed by atoms with Crippen LogP contribution in [0.4, 0.5) is 0 Å². The monoisotopic (exact) mass is 209 g/mol. The summed E-state index contributed by atoms with van der Waals surface area (Å²) in [6.07, 6.45) is 2.64. The second kappa shape index (κ2) is 5.16. The zero-order chi connectivity index (χ0) is 11.6. The third kappa shape index (κ3) is 2.63. The fourth-order valence-electron chi connectivity index (χ4n) is 2.75. The molecule has 1 rings (SSSR count). The molecule has 1 heteroatoms. The molecule has 1 nitrogen and oxygen atoms in total. The van der Waals surface area contributed by atoms with Crippen molar-refractivity contribution in [3.05, 3.63) is 12.2 Å². The van der Waals surface area contributed by atoms with Crippen molar-refractivity contribution in [2.45, 2.75) is 59.5 Å². The third-order valence-electron chi connectivity index (χ3n) is 3.87. The molecule has 1 heterocycles. The zero-order valence-electron chi connectivity index (χ0n) is 11.1. The number of hydrogen-bond acceptors (Lipinski definition) is 1. The van der Waals surface area contributed by atoms with Crippen LogP contribution >= 0.6 is 0 Å². The fourth-order valence-corrected chi connectivity index (χ4v) is 2.75. The van der Waals surface area contributed by atoms with Gasteiger partial charge in [-0.05, 0) is 38.6 Å². The van der Waals surface area contributed by atoms with Crippen LogP contribution in [-0.2, 0) is 0 Å². The van der Waals surface area contributed by atoms with E-state index in [1.807, 2.05) is 0 Å². The summed E-state index contributed by atoms with van der Waals surface area (Å²) in [5.41, 5.74) is 1.44. The second-order valence-corrected chi connectivity index (χ2v) is 5.46. The maximum absolute atomic E-state index is 4.33. The van der Waals surface area contributed by atoms with Crippen LogP contribution in [0.25, 0.3) is 0 Å². The lowest BCUT2D eigenvalue weighted by molar-refractivity contribution is 0.198. The van der Waals surface area contributed by atoms with Gasteiger partial charge in [0.25, 0.3) is 0 Å². The molecular formula is C14H27N. The van der Waals surface area contributed by atoms with E-state index < -0.39 is 0 Å². The maximum Gasteiger partial charge on any atom is 0.0338 e. The molecule has 0 unspecified atom stereocenters. The molecule has 88 valence electrons. The Morgan fingerprint density at radius 1 is 1.33 bits per heavy atom. The third-order valence-corrected chi connectivity index (χ3v) is 3.87. The first-order chi connectivity index (χ1) is 6.99. The molecule has 0 saturated carbocycles. The molecule has 0 N–H and O–H groups in total. The van der Waals surface area contributed by atoms with Crippen LogP contribution in [0.3, 0.4) is 0 Å². The molecule has 0 spiro atoms. The Bertz CT molecular complexity index is 217. The van der Waals surface area contributed by atoms with Crippen LogP contribution in [0.2, 0.25) is 0 Å². The number of nitrogens with zero attached hydrogens (tertiary/aromatic N) is 1. The first-order valence-electron chi connectivity index (χ1n) is 6.43. The van der Waals surface area contributed by atoms with E-state index in [-0.39, 0.29) is 0 Å². The molecule has 15 heavy (non-hydrogen) atoms. The van der Waals surface area contributed by atoms with Crippen molar-refractivity contribution in [2.24, 2.45) is 11.8 Å². The van der Waals surface area contributed by atoms with E-state index in [9.17, 15) is 0 Å². The second-order valence-electron chi connectivity index (χ2n) is 5.46. The van der Waals surface area contributed by atoms with Crippen molar-refractivity contribution in [3.63, 3.8) is 0 Å². The minimum atomic E-state index is 0.614. The number of likely N-dealkylation sites (tertiary alicyclic amines) is 1. The van der Waals surface area contributed by atoms with Gasteiger partial charge in [-0.25, -0.2) is 0 Å². The van der Waals surface area contributed by atoms with Crippen molar-refractivity contribution in [2.75, 3.05) is 6.54 Å². The van der Waals surface area contributed by atoms with Crippen molar-refractivity contribution in [1.82, 2.24) is 4.90 Å². The van der Waals surface area contributed by atoms with Crippen LogP contribution in [0, 0.1) is 11.8 Å². The largest absolute Gasteiger partial charge is 0.294 e. The van der Waals surface area contributed by atoms with Gasteiger partial charge in [-0.15, -0.1) is 0 Å². The predicted molar refractivity (Wildman–Crippen MR) is 68.0 cm³/mol. The Morgan fingerprint density at radius 3 is 2.33 bits per heavy atom. The van der Waals surface area contributed by atoms with Gasteiger partial charge >= 0.3 is 0 Å². The predicted octanol–water partition coefficient (Wildman–Crippen LogP) is 3.71. The Kier molecular flexibility index (Phi) is 4.39. The van der Waals surface area contributed by atoms with Gasteiger partial charge in [0.2, 0.25) is 0 Å². The summed E-state index contributed by atoms with van der Waals surface area (Å²) < 4.78 is 0. The standard InChI is InChI=1S/C14H27N/c1-7-13-8-9-15(11(4)5)14(13)12(6)10(2)3/h10-11,13-14H,6-9H2,1-5H3/t13-,14-/m1/s1. The highest BCUT2D eigenvalue weighted by molar-refractivity contribution is 5.13. The van der Waals surface area contributed by atoms with Gasteiger partial charge < -0.3 is 0 Å². The Morgan fingerprint density at radius 2 is 1.93 bits per heavy atom. The molecule has 2 atom stereocenters. The highest BCUT2D eigenvalue weighted by Gasteiger charge is 2.36. The summed E-state index contributed by atoms with van der Waals surface area (Å²) in [4.78, 5) is 2.64. The van der Waals surface area contributed by atoms with E-state index in [4.69, 9.17) is 0 Å². The highest BCUT2D eigenvalue weighted by Crippen LogP contribution is 2.35. The molecule has 0 amide bonds. The molecule has 0 aliphatic carbocycles. The Hall–Kier alpha value is -0.300. The molecule has 0 radical (unpaired) electrons. The smallest absolute Gasteiger partial charge is 0.0338 e. The van der Waals surface area contributed by atoms with Gasteiger partial charge in [0.15, 0.2) is 0 Å². The van der Waals surface area contributed by atoms with E-state index in [0.29, 0.717) is 18.0 Å². The molecule has 1 aliphatic heterocycles. The summed E-state index contributed by atoms with van der Waals surface area (Å²) in [6.45, 7) is 17.0. The molecule has 0 aromatic rings. The lowest BCUT2D eigenvalue weighted by Gasteiger charge is -2.34. The molecule has 0 aromatic heterocycles. The summed E-state index contributed by atoms with van der Waals surface area (Å²) in [6, 6.07) is 1.29. The normalized spacial score (nSPS) is 27.9. The van der Waals surface area contributed by atoms with E-state index in [1.165, 1.54) is 25.0 Å². The molecule has 0 bridgehead atoms. The van der Waals surface area contributed by atoms with Gasteiger partial charge in [0, 0.05) is 12.1 Å². The first-order valence-corrected chi connectivity index (χ1v) is 6.43. The Balaban J connectivity index is 2.81. The minimum absolute atomic E-state index is 0.614. The van der Waals surface area contributed by atoms with Gasteiger partial charge in [-0.1, -0.05) is 39.3 Å². The summed E-state index contributed by atoms with van der Waals surface area (Å²) >= 11 is 0. The van der Waals surface area contributed by atoms with Crippen LogP contribution < -0.4 is 0 Å². The van der Waals surface area contributed by atoms with Crippen molar-refractivity contribution in [3.8, 4) is 0 Å².